The predicted octanol–water partition coefficient (Wildman–Crippen LogP) is 4.05. The molecule has 0 fully saturated rings. The quantitative estimate of drug-likeness (QED) is 0.848. The molecular formula is C11H9BrClNOS2. The van der Waals surface area contributed by atoms with Crippen molar-refractivity contribution < 1.29 is 4.21 Å². The van der Waals surface area contributed by atoms with E-state index in [1.165, 1.54) is 0 Å². The zero-order chi connectivity index (χ0) is 12.4. The van der Waals surface area contributed by atoms with Crippen LogP contribution in [0.5, 0.6) is 0 Å². The van der Waals surface area contributed by atoms with Crippen LogP contribution in [-0.2, 0) is 16.6 Å². The van der Waals surface area contributed by atoms with Crippen molar-refractivity contribution in [3.05, 3.63) is 44.0 Å². The molecule has 1 aromatic heterocycles. The molecule has 1 unspecified atom stereocenters. The topological polar surface area (TPSA) is 43.1 Å². The van der Waals surface area contributed by atoms with Crippen molar-refractivity contribution in [3.8, 4) is 0 Å². The van der Waals surface area contributed by atoms with E-state index < -0.39 is 10.8 Å². The zero-order valence-electron chi connectivity index (χ0n) is 8.65. The second-order valence-corrected chi connectivity index (χ2v) is 7.07. The molecule has 2 nitrogen and oxygen atoms in total. The first-order chi connectivity index (χ1) is 8.08. The average molecular weight is 351 g/mol. The first-order valence-electron chi connectivity index (χ1n) is 4.73. The minimum atomic E-state index is -1.17. The largest absolute Gasteiger partial charge is 0.398 e. The first kappa shape index (κ1) is 13.1. The van der Waals surface area contributed by atoms with Crippen LogP contribution in [0.15, 0.2) is 39.0 Å². The van der Waals surface area contributed by atoms with Gasteiger partial charge in [0.05, 0.1) is 21.4 Å². The summed E-state index contributed by atoms with van der Waals surface area (Å²) in [6.07, 6.45) is 0. The van der Waals surface area contributed by atoms with Crippen molar-refractivity contribution >= 4 is 55.4 Å². The fourth-order valence-corrected chi connectivity index (χ4v) is 4.76. The second-order valence-electron chi connectivity index (χ2n) is 3.36. The van der Waals surface area contributed by atoms with Gasteiger partial charge in [0.2, 0.25) is 0 Å². The van der Waals surface area contributed by atoms with Crippen LogP contribution in [0.25, 0.3) is 0 Å². The van der Waals surface area contributed by atoms with Crippen LogP contribution in [0.3, 0.4) is 0 Å². The highest BCUT2D eigenvalue weighted by molar-refractivity contribution is 9.10. The zero-order valence-corrected chi connectivity index (χ0v) is 12.6. The summed E-state index contributed by atoms with van der Waals surface area (Å²) in [6, 6.07) is 6.98. The Hall–Kier alpha value is -0.360. The fraction of sp³-hybridized carbons (Fsp3) is 0.0909. The summed E-state index contributed by atoms with van der Waals surface area (Å²) in [5.41, 5.74) is 6.31. The number of hydrogen-bond donors (Lipinski definition) is 1. The molecule has 0 saturated heterocycles. The van der Waals surface area contributed by atoms with Gasteiger partial charge in [0.25, 0.3) is 0 Å². The molecule has 6 heteroatoms. The molecule has 1 aromatic carbocycles. The normalized spacial score (nSPS) is 12.6. The summed E-state index contributed by atoms with van der Waals surface area (Å²) in [5.74, 6) is 0.447. The van der Waals surface area contributed by atoms with Gasteiger partial charge in [0, 0.05) is 20.1 Å². The highest BCUT2D eigenvalue weighted by Crippen LogP contribution is 2.28. The van der Waals surface area contributed by atoms with E-state index in [0.29, 0.717) is 21.4 Å². The Morgan fingerprint density at radius 3 is 2.82 bits per heavy atom. The maximum absolute atomic E-state index is 12.2. The van der Waals surface area contributed by atoms with Gasteiger partial charge in [-0.05, 0) is 45.6 Å². The predicted molar refractivity (Wildman–Crippen MR) is 78.0 cm³/mol. The number of anilines is 1. The van der Waals surface area contributed by atoms with E-state index in [2.05, 4.69) is 15.9 Å². The first-order valence-corrected chi connectivity index (χ1v) is 8.10. The van der Waals surface area contributed by atoms with E-state index in [9.17, 15) is 4.21 Å². The number of thiophene rings is 1. The van der Waals surface area contributed by atoms with Gasteiger partial charge in [-0.2, -0.15) is 0 Å². The Morgan fingerprint density at radius 2 is 2.18 bits per heavy atom. The van der Waals surface area contributed by atoms with Crippen LogP contribution in [0.1, 0.15) is 4.88 Å². The van der Waals surface area contributed by atoms with Crippen LogP contribution in [-0.4, -0.2) is 4.21 Å². The standard InChI is InChI=1S/C11H9BrClNOS2/c12-8-3-4-16-10(8)6-17(15)11-5-7(13)1-2-9(11)14/h1-5H,6,14H2. The molecule has 0 amide bonds. The van der Waals surface area contributed by atoms with E-state index in [0.717, 1.165) is 9.35 Å². The lowest BCUT2D eigenvalue weighted by Crippen LogP contribution is -2.00. The number of benzene rings is 1. The summed E-state index contributed by atoms with van der Waals surface area (Å²) < 4.78 is 13.2. The molecule has 0 radical (unpaired) electrons. The fourth-order valence-electron chi connectivity index (χ4n) is 1.33. The van der Waals surface area contributed by atoms with Gasteiger partial charge in [-0.25, -0.2) is 0 Å². The van der Waals surface area contributed by atoms with Crippen LogP contribution in [0, 0.1) is 0 Å². The minimum absolute atomic E-state index is 0.447. The molecule has 0 aliphatic heterocycles. The number of nitrogen functional groups attached to an aromatic ring is 1. The lowest BCUT2D eigenvalue weighted by Gasteiger charge is -2.05. The average Bonchev–Trinajstić information content (AvgIpc) is 2.68. The molecule has 0 aliphatic rings. The van der Waals surface area contributed by atoms with Gasteiger partial charge >= 0.3 is 0 Å². The van der Waals surface area contributed by atoms with Gasteiger partial charge < -0.3 is 5.73 Å². The van der Waals surface area contributed by atoms with E-state index in [4.69, 9.17) is 17.3 Å². The molecule has 0 bridgehead atoms. The summed E-state index contributed by atoms with van der Waals surface area (Å²) in [4.78, 5) is 1.64. The highest BCUT2D eigenvalue weighted by Gasteiger charge is 2.12. The SMILES string of the molecule is Nc1ccc(Cl)cc1S(=O)Cc1sccc1Br. The van der Waals surface area contributed by atoms with E-state index in [1.54, 1.807) is 29.5 Å². The third kappa shape index (κ3) is 3.10. The van der Waals surface area contributed by atoms with E-state index in [-0.39, 0.29) is 0 Å². The maximum atomic E-state index is 12.2. The number of nitrogens with two attached hydrogens (primary N) is 1. The van der Waals surface area contributed by atoms with Gasteiger partial charge in [0.1, 0.15) is 0 Å². The molecule has 90 valence electrons. The van der Waals surface area contributed by atoms with Crippen LogP contribution in [0.4, 0.5) is 5.69 Å². The van der Waals surface area contributed by atoms with Crippen molar-refractivity contribution in [2.45, 2.75) is 10.6 Å². The molecule has 17 heavy (non-hydrogen) atoms. The summed E-state index contributed by atoms with van der Waals surface area (Å²) in [7, 11) is -1.17. The third-order valence-corrected chi connectivity index (χ3v) is 5.91. The van der Waals surface area contributed by atoms with Crippen molar-refractivity contribution in [3.63, 3.8) is 0 Å². The van der Waals surface area contributed by atoms with Gasteiger partial charge in [-0.1, -0.05) is 11.6 Å². The molecule has 0 saturated carbocycles. The molecule has 2 N–H and O–H groups in total. The second kappa shape index (κ2) is 5.52. The van der Waals surface area contributed by atoms with Crippen molar-refractivity contribution in [1.29, 1.82) is 0 Å². The van der Waals surface area contributed by atoms with E-state index >= 15 is 0 Å². The lowest BCUT2D eigenvalue weighted by molar-refractivity contribution is 0.683. The molecular weight excluding hydrogens is 342 g/mol. The third-order valence-electron chi connectivity index (χ3n) is 2.17. The van der Waals surface area contributed by atoms with Crippen LogP contribution < -0.4 is 5.73 Å². The van der Waals surface area contributed by atoms with E-state index in [1.807, 2.05) is 11.4 Å². The smallest absolute Gasteiger partial charge is 0.0638 e. The number of rotatable bonds is 3. The Balaban J connectivity index is 2.26. The Labute approximate surface area is 119 Å². The lowest BCUT2D eigenvalue weighted by atomic mass is 10.3. The molecule has 0 aliphatic carbocycles. The molecule has 1 heterocycles. The Bertz CT molecular complexity index is 570. The van der Waals surface area contributed by atoms with Crippen molar-refractivity contribution in [2.24, 2.45) is 0 Å². The van der Waals surface area contributed by atoms with Crippen LogP contribution >= 0.6 is 38.9 Å². The van der Waals surface area contributed by atoms with Gasteiger partial charge in [-0.15, -0.1) is 11.3 Å². The molecule has 1 atom stereocenters. The van der Waals surface area contributed by atoms with Gasteiger partial charge in [-0.3, -0.25) is 4.21 Å². The summed E-state index contributed by atoms with van der Waals surface area (Å²) in [5, 5.41) is 2.51. The maximum Gasteiger partial charge on any atom is 0.0638 e. The highest BCUT2D eigenvalue weighted by atomic mass is 79.9. The minimum Gasteiger partial charge on any atom is -0.398 e. The van der Waals surface area contributed by atoms with Crippen LogP contribution in [0.2, 0.25) is 5.02 Å². The molecule has 2 aromatic rings. The monoisotopic (exact) mass is 349 g/mol. The van der Waals surface area contributed by atoms with Gasteiger partial charge in [0.15, 0.2) is 0 Å². The summed E-state index contributed by atoms with van der Waals surface area (Å²) >= 11 is 10.9. The van der Waals surface area contributed by atoms with Crippen molar-refractivity contribution in [2.75, 3.05) is 5.73 Å². The van der Waals surface area contributed by atoms with Crippen molar-refractivity contribution in [1.82, 2.24) is 0 Å². The Kier molecular flexibility index (Phi) is 4.25. The number of halogens is 2. The number of hydrogen-bond acceptors (Lipinski definition) is 3. The Morgan fingerprint density at radius 1 is 1.41 bits per heavy atom. The molecule has 2 rings (SSSR count). The summed E-state index contributed by atoms with van der Waals surface area (Å²) in [6.45, 7) is 0. The molecule has 0 spiro atoms.